The van der Waals surface area contributed by atoms with Gasteiger partial charge < -0.3 is 11.1 Å². The standard InChI is InChI=1S/C14H16N4O/c1-8-4-5-10(9(2)6-8)11-7-17-13(15)12(18-11)14(19)16-3/h4-7H,1-3H3,(H2,15,17)(H,16,19). The molecule has 0 saturated carbocycles. The van der Waals surface area contributed by atoms with Gasteiger partial charge in [0, 0.05) is 12.6 Å². The number of amides is 1. The number of nitrogens with zero attached hydrogens (tertiary/aromatic N) is 2. The van der Waals surface area contributed by atoms with Gasteiger partial charge in [-0.3, -0.25) is 4.79 Å². The lowest BCUT2D eigenvalue weighted by Gasteiger charge is -2.09. The van der Waals surface area contributed by atoms with Crippen LogP contribution in [0.1, 0.15) is 21.6 Å². The van der Waals surface area contributed by atoms with Crippen LogP contribution in [0.15, 0.2) is 24.4 Å². The van der Waals surface area contributed by atoms with E-state index in [9.17, 15) is 4.79 Å². The molecule has 1 heterocycles. The first-order valence-electron chi connectivity index (χ1n) is 5.95. The first-order valence-corrected chi connectivity index (χ1v) is 5.95. The second-order valence-electron chi connectivity index (χ2n) is 4.39. The summed E-state index contributed by atoms with van der Waals surface area (Å²) >= 11 is 0. The third-order valence-corrected chi connectivity index (χ3v) is 2.90. The fraction of sp³-hybridized carbons (Fsp3) is 0.214. The van der Waals surface area contributed by atoms with E-state index in [1.54, 1.807) is 6.20 Å². The molecule has 98 valence electrons. The Balaban J connectivity index is 2.54. The molecule has 19 heavy (non-hydrogen) atoms. The molecular weight excluding hydrogens is 240 g/mol. The fourth-order valence-corrected chi connectivity index (χ4v) is 1.91. The summed E-state index contributed by atoms with van der Waals surface area (Å²) in [7, 11) is 1.53. The molecule has 0 aliphatic rings. The number of aryl methyl sites for hydroxylation is 2. The Morgan fingerprint density at radius 3 is 2.68 bits per heavy atom. The van der Waals surface area contributed by atoms with E-state index >= 15 is 0 Å². The van der Waals surface area contributed by atoms with Crippen molar-refractivity contribution in [3.8, 4) is 11.3 Å². The van der Waals surface area contributed by atoms with Gasteiger partial charge in [0.1, 0.15) is 0 Å². The van der Waals surface area contributed by atoms with Crippen LogP contribution in [-0.2, 0) is 0 Å². The molecule has 5 heteroatoms. The van der Waals surface area contributed by atoms with Gasteiger partial charge in [0.25, 0.3) is 5.91 Å². The molecule has 0 atom stereocenters. The third-order valence-electron chi connectivity index (χ3n) is 2.90. The monoisotopic (exact) mass is 256 g/mol. The molecule has 0 aliphatic heterocycles. The van der Waals surface area contributed by atoms with Crippen molar-refractivity contribution in [3.63, 3.8) is 0 Å². The van der Waals surface area contributed by atoms with Crippen molar-refractivity contribution in [3.05, 3.63) is 41.2 Å². The van der Waals surface area contributed by atoms with Crippen molar-refractivity contribution < 1.29 is 4.79 Å². The lowest BCUT2D eigenvalue weighted by atomic mass is 10.0. The predicted molar refractivity (Wildman–Crippen MR) is 74.7 cm³/mol. The molecule has 0 aliphatic carbocycles. The molecule has 5 nitrogen and oxygen atoms in total. The van der Waals surface area contributed by atoms with Crippen molar-refractivity contribution in [1.82, 2.24) is 15.3 Å². The molecule has 3 N–H and O–H groups in total. The number of nitrogens with one attached hydrogen (secondary N) is 1. The van der Waals surface area contributed by atoms with Crippen LogP contribution in [0.25, 0.3) is 11.3 Å². The van der Waals surface area contributed by atoms with Gasteiger partial charge in [0.2, 0.25) is 0 Å². The van der Waals surface area contributed by atoms with E-state index in [2.05, 4.69) is 21.4 Å². The number of benzene rings is 1. The minimum absolute atomic E-state index is 0.132. The van der Waals surface area contributed by atoms with E-state index in [-0.39, 0.29) is 17.4 Å². The van der Waals surface area contributed by atoms with Crippen molar-refractivity contribution in [2.24, 2.45) is 0 Å². The Bertz CT molecular complexity index is 637. The number of anilines is 1. The SMILES string of the molecule is CNC(=O)c1nc(-c2ccc(C)cc2C)cnc1N. The summed E-state index contributed by atoms with van der Waals surface area (Å²) in [4.78, 5) is 20.0. The first-order chi connectivity index (χ1) is 9.02. The second-order valence-corrected chi connectivity index (χ2v) is 4.39. The smallest absolute Gasteiger partial charge is 0.273 e. The van der Waals surface area contributed by atoms with Crippen LogP contribution >= 0.6 is 0 Å². The molecule has 2 rings (SSSR count). The maximum Gasteiger partial charge on any atom is 0.273 e. The van der Waals surface area contributed by atoms with Crippen LogP contribution in [0, 0.1) is 13.8 Å². The summed E-state index contributed by atoms with van der Waals surface area (Å²) in [5, 5.41) is 2.50. The lowest BCUT2D eigenvalue weighted by molar-refractivity contribution is 0.0959. The van der Waals surface area contributed by atoms with Crippen LogP contribution in [0.2, 0.25) is 0 Å². The van der Waals surface area contributed by atoms with Gasteiger partial charge >= 0.3 is 0 Å². The minimum Gasteiger partial charge on any atom is -0.382 e. The molecule has 0 radical (unpaired) electrons. The number of aromatic nitrogens is 2. The second kappa shape index (κ2) is 5.06. The number of nitrogen functional groups attached to an aromatic ring is 1. The van der Waals surface area contributed by atoms with Gasteiger partial charge in [-0.25, -0.2) is 9.97 Å². The largest absolute Gasteiger partial charge is 0.382 e. The summed E-state index contributed by atoms with van der Waals surface area (Å²) < 4.78 is 0. The zero-order valence-electron chi connectivity index (χ0n) is 11.2. The number of nitrogens with two attached hydrogens (primary N) is 1. The Morgan fingerprint density at radius 1 is 1.32 bits per heavy atom. The number of carbonyl (C=O) groups excluding carboxylic acids is 1. The molecule has 1 aromatic heterocycles. The van der Waals surface area contributed by atoms with Crippen LogP contribution in [-0.4, -0.2) is 22.9 Å². The van der Waals surface area contributed by atoms with E-state index in [1.807, 2.05) is 26.0 Å². The van der Waals surface area contributed by atoms with E-state index in [0.717, 1.165) is 11.1 Å². The fourth-order valence-electron chi connectivity index (χ4n) is 1.91. The average molecular weight is 256 g/mol. The van der Waals surface area contributed by atoms with E-state index < -0.39 is 0 Å². The van der Waals surface area contributed by atoms with Crippen molar-refractivity contribution in [1.29, 1.82) is 0 Å². The lowest BCUT2D eigenvalue weighted by Crippen LogP contribution is -2.21. The molecule has 0 bridgehead atoms. The van der Waals surface area contributed by atoms with Crippen molar-refractivity contribution in [2.75, 3.05) is 12.8 Å². The quantitative estimate of drug-likeness (QED) is 0.857. The number of rotatable bonds is 2. The molecular formula is C14H16N4O. The first kappa shape index (κ1) is 13.0. The van der Waals surface area contributed by atoms with Crippen molar-refractivity contribution in [2.45, 2.75) is 13.8 Å². The van der Waals surface area contributed by atoms with E-state index in [4.69, 9.17) is 5.73 Å². The Hall–Kier alpha value is -2.43. The molecule has 0 fully saturated rings. The zero-order chi connectivity index (χ0) is 14.0. The molecule has 1 aromatic carbocycles. The normalized spacial score (nSPS) is 10.3. The zero-order valence-corrected chi connectivity index (χ0v) is 11.2. The molecule has 1 amide bonds. The summed E-state index contributed by atoms with van der Waals surface area (Å²) in [5.41, 5.74) is 9.68. The van der Waals surface area contributed by atoms with Gasteiger partial charge in [-0.1, -0.05) is 23.8 Å². The van der Waals surface area contributed by atoms with Crippen LogP contribution in [0.3, 0.4) is 0 Å². The van der Waals surface area contributed by atoms with Crippen molar-refractivity contribution >= 4 is 11.7 Å². The van der Waals surface area contributed by atoms with Gasteiger partial charge in [0.15, 0.2) is 11.5 Å². The molecule has 0 saturated heterocycles. The van der Waals surface area contributed by atoms with E-state index in [0.29, 0.717) is 5.69 Å². The molecule has 0 unspecified atom stereocenters. The average Bonchev–Trinajstić information content (AvgIpc) is 2.39. The highest BCUT2D eigenvalue weighted by molar-refractivity contribution is 5.96. The van der Waals surface area contributed by atoms with Gasteiger partial charge in [-0.15, -0.1) is 0 Å². The van der Waals surface area contributed by atoms with Crippen LogP contribution in [0.5, 0.6) is 0 Å². The highest BCUT2D eigenvalue weighted by atomic mass is 16.1. The molecule has 0 spiro atoms. The minimum atomic E-state index is -0.336. The number of carbonyl (C=O) groups is 1. The highest BCUT2D eigenvalue weighted by Gasteiger charge is 2.13. The maximum absolute atomic E-state index is 11.7. The van der Waals surface area contributed by atoms with Gasteiger partial charge in [-0.2, -0.15) is 0 Å². The van der Waals surface area contributed by atoms with Crippen LogP contribution in [0.4, 0.5) is 5.82 Å². The van der Waals surface area contributed by atoms with Gasteiger partial charge in [-0.05, 0) is 19.4 Å². The summed E-state index contributed by atoms with van der Waals surface area (Å²) in [6.45, 7) is 4.03. The summed E-state index contributed by atoms with van der Waals surface area (Å²) in [5.74, 6) is -0.204. The summed E-state index contributed by atoms with van der Waals surface area (Å²) in [6.07, 6.45) is 1.58. The van der Waals surface area contributed by atoms with Gasteiger partial charge in [0.05, 0.1) is 11.9 Å². The third kappa shape index (κ3) is 2.54. The Labute approximate surface area is 111 Å². The summed E-state index contributed by atoms with van der Waals surface area (Å²) in [6, 6.07) is 6.03. The topological polar surface area (TPSA) is 80.9 Å². The number of hydrogen-bond acceptors (Lipinski definition) is 4. The highest BCUT2D eigenvalue weighted by Crippen LogP contribution is 2.23. The Kier molecular flexibility index (Phi) is 3.46. The van der Waals surface area contributed by atoms with E-state index in [1.165, 1.54) is 12.6 Å². The maximum atomic E-state index is 11.7. The number of hydrogen-bond donors (Lipinski definition) is 2. The molecule has 2 aromatic rings. The predicted octanol–water partition coefficient (Wildman–Crippen LogP) is 1.70. The Morgan fingerprint density at radius 2 is 2.05 bits per heavy atom. The van der Waals surface area contributed by atoms with Crippen LogP contribution < -0.4 is 11.1 Å².